The van der Waals surface area contributed by atoms with Gasteiger partial charge in [-0.3, -0.25) is 4.79 Å². The van der Waals surface area contributed by atoms with Gasteiger partial charge in [-0.15, -0.1) is 0 Å². The highest BCUT2D eigenvalue weighted by Crippen LogP contribution is 2.44. The molecular formula is C14H19NO3. The van der Waals surface area contributed by atoms with Crippen molar-refractivity contribution in [2.75, 3.05) is 7.11 Å². The van der Waals surface area contributed by atoms with Crippen molar-refractivity contribution in [3.63, 3.8) is 0 Å². The van der Waals surface area contributed by atoms with Crippen LogP contribution in [0.4, 0.5) is 4.79 Å². The zero-order valence-corrected chi connectivity index (χ0v) is 11.1. The second-order valence-electron chi connectivity index (χ2n) is 5.16. The maximum atomic E-state index is 11.9. The number of allylic oxidation sites excluding steroid dienone is 2. The van der Waals surface area contributed by atoms with E-state index >= 15 is 0 Å². The van der Waals surface area contributed by atoms with Crippen LogP contribution in [0.1, 0.15) is 33.1 Å². The second-order valence-corrected chi connectivity index (χ2v) is 5.16. The molecule has 4 heteroatoms. The summed E-state index contributed by atoms with van der Waals surface area (Å²) in [7, 11) is 1.34. The maximum absolute atomic E-state index is 11.9. The van der Waals surface area contributed by atoms with Gasteiger partial charge in [-0.25, -0.2) is 4.79 Å². The molecule has 2 aliphatic rings. The van der Waals surface area contributed by atoms with Crippen molar-refractivity contribution in [2.24, 2.45) is 5.92 Å². The zero-order chi connectivity index (χ0) is 13.3. The van der Waals surface area contributed by atoms with Crippen molar-refractivity contribution in [3.05, 3.63) is 23.3 Å². The number of methoxy groups -OCH3 is 1. The maximum Gasteiger partial charge on any atom is 0.407 e. The molecule has 0 aromatic rings. The van der Waals surface area contributed by atoms with Crippen LogP contribution in [0, 0.1) is 5.92 Å². The van der Waals surface area contributed by atoms with E-state index in [0.29, 0.717) is 19.3 Å². The number of hydrogen-bond donors (Lipinski definition) is 1. The second kappa shape index (κ2) is 4.59. The molecule has 1 amide bonds. The van der Waals surface area contributed by atoms with E-state index < -0.39 is 11.6 Å². The Labute approximate surface area is 107 Å². The predicted molar refractivity (Wildman–Crippen MR) is 68.1 cm³/mol. The van der Waals surface area contributed by atoms with E-state index in [9.17, 15) is 9.59 Å². The van der Waals surface area contributed by atoms with Crippen LogP contribution < -0.4 is 5.32 Å². The Balaban J connectivity index is 2.42. The summed E-state index contributed by atoms with van der Waals surface area (Å²) in [4.78, 5) is 23.4. The van der Waals surface area contributed by atoms with Gasteiger partial charge < -0.3 is 10.1 Å². The Morgan fingerprint density at radius 3 is 2.89 bits per heavy atom. The first kappa shape index (κ1) is 12.9. The van der Waals surface area contributed by atoms with Crippen LogP contribution in [-0.2, 0) is 9.53 Å². The normalized spacial score (nSPS) is 33.1. The molecule has 1 saturated carbocycles. The zero-order valence-electron chi connectivity index (χ0n) is 11.1. The summed E-state index contributed by atoms with van der Waals surface area (Å²) in [5.41, 5.74) is 1.79. The lowest BCUT2D eigenvalue weighted by Gasteiger charge is -2.46. The van der Waals surface area contributed by atoms with Crippen molar-refractivity contribution >= 4 is 11.9 Å². The molecule has 0 spiro atoms. The van der Waals surface area contributed by atoms with Gasteiger partial charge in [0.2, 0.25) is 0 Å². The van der Waals surface area contributed by atoms with Gasteiger partial charge >= 0.3 is 6.09 Å². The summed E-state index contributed by atoms with van der Waals surface area (Å²) in [6.45, 7) is 4.00. The molecule has 2 bridgehead atoms. The minimum absolute atomic E-state index is 0.127. The van der Waals surface area contributed by atoms with Crippen molar-refractivity contribution in [1.82, 2.24) is 5.32 Å². The number of carbonyl (C=O) groups excluding carboxylic acids is 2. The van der Waals surface area contributed by atoms with Crippen LogP contribution in [-0.4, -0.2) is 24.5 Å². The summed E-state index contributed by atoms with van der Waals surface area (Å²) >= 11 is 0. The molecule has 2 aliphatic carbocycles. The number of rotatable bonds is 1. The first-order valence-corrected chi connectivity index (χ1v) is 6.22. The Bertz CT molecular complexity index is 450. The number of fused-ring (bicyclic) bond motifs is 2. The lowest BCUT2D eigenvalue weighted by molar-refractivity contribution is -0.122. The lowest BCUT2D eigenvalue weighted by Crippen LogP contribution is -2.56. The first-order chi connectivity index (χ1) is 8.50. The third kappa shape index (κ3) is 2.07. The Kier molecular flexibility index (Phi) is 3.28. The molecular weight excluding hydrogens is 230 g/mol. The van der Waals surface area contributed by atoms with E-state index in [4.69, 9.17) is 4.74 Å². The third-order valence-corrected chi connectivity index (χ3v) is 3.80. The fourth-order valence-electron chi connectivity index (χ4n) is 3.31. The molecule has 0 aromatic heterocycles. The molecule has 1 fully saturated rings. The fourth-order valence-corrected chi connectivity index (χ4v) is 3.31. The van der Waals surface area contributed by atoms with E-state index in [0.717, 1.165) is 5.57 Å². The number of ether oxygens (including phenoxy) is 1. The minimum Gasteiger partial charge on any atom is -0.453 e. The van der Waals surface area contributed by atoms with Crippen LogP contribution in [0.25, 0.3) is 0 Å². The first-order valence-electron chi connectivity index (χ1n) is 6.22. The van der Waals surface area contributed by atoms with Crippen LogP contribution in [0.2, 0.25) is 0 Å². The summed E-state index contributed by atoms with van der Waals surface area (Å²) in [6.07, 6.45) is 5.28. The molecule has 1 N–H and O–H groups in total. The van der Waals surface area contributed by atoms with Crippen molar-refractivity contribution in [2.45, 2.75) is 38.6 Å². The molecule has 0 aromatic carbocycles. The van der Waals surface area contributed by atoms with Gasteiger partial charge in [0.15, 0.2) is 0 Å². The number of carbonyl (C=O) groups is 2. The summed E-state index contributed by atoms with van der Waals surface area (Å²) < 4.78 is 4.69. The fraction of sp³-hybridized carbons (Fsp3) is 0.571. The van der Waals surface area contributed by atoms with Crippen LogP contribution >= 0.6 is 0 Å². The van der Waals surface area contributed by atoms with Gasteiger partial charge in [-0.05, 0) is 25.8 Å². The quantitative estimate of drug-likeness (QED) is 0.726. The highest BCUT2D eigenvalue weighted by atomic mass is 16.5. The van der Waals surface area contributed by atoms with Crippen LogP contribution in [0.5, 0.6) is 0 Å². The van der Waals surface area contributed by atoms with E-state index in [-0.39, 0.29) is 11.7 Å². The summed E-state index contributed by atoms with van der Waals surface area (Å²) in [5.74, 6) is 0.327. The van der Waals surface area contributed by atoms with Gasteiger partial charge in [0.25, 0.3) is 0 Å². The molecule has 18 heavy (non-hydrogen) atoms. The SMILES string of the molecule is CC=C1[C@H]2C=C(C)C[C@]1(NC(=O)OC)CC(=O)C2. The Morgan fingerprint density at radius 2 is 2.28 bits per heavy atom. The largest absolute Gasteiger partial charge is 0.453 e. The van der Waals surface area contributed by atoms with Crippen LogP contribution in [0.15, 0.2) is 23.3 Å². The van der Waals surface area contributed by atoms with Gasteiger partial charge in [0, 0.05) is 18.8 Å². The number of nitrogens with one attached hydrogen (secondary N) is 1. The number of hydrogen-bond acceptors (Lipinski definition) is 3. The Hall–Kier alpha value is -1.58. The molecule has 2 rings (SSSR count). The van der Waals surface area contributed by atoms with Gasteiger partial charge in [-0.1, -0.05) is 17.7 Å². The average molecular weight is 249 g/mol. The molecule has 0 unspecified atom stereocenters. The number of amides is 1. The number of Topliss-reactive ketones (excluding diaryl/α,β-unsaturated/α-hetero) is 1. The highest BCUT2D eigenvalue weighted by Gasteiger charge is 2.47. The monoisotopic (exact) mass is 249 g/mol. The molecule has 0 saturated heterocycles. The molecule has 0 heterocycles. The lowest BCUT2D eigenvalue weighted by atomic mass is 9.64. The minimum atomic E-state index is -0.569. The van der Waals surface area contributed by atoms with E-state index in [1.165, 1.54) is 12.7 Å². The molecule has 2 atom stereocenters. The predicted octanol–water partition coefficient (Wildman–Crippen LogP) is 2.36. The standard InChI is InChI=1S/C14H19NO3/c1-4-12-10-5-9(2)7-14(12,8-11(16)6-10)15-13(17)18-3/h4-5,10H,6-8H2,1-3H3,(H,15,17)/t10-,14-/m0/s1. The van der Waals surface area contributed by atoms with Gasteiger partial charge in [0.05, 0.1) is 12.6 Å². The smallest absolute Gasteiger partial charge is 0.407 e. The molecule has 0 aliphatic heterocycles. The molecule has 0 radical (unpaired) electrons. The summed E-state index contributed by atoms with van der Waals surface area (Å²) in [5, 5.41) is 2.88. The van der Waals surface area contributed by atoms with E-state index in [1.807, 2.05) is 19.9 Å². The number of alkyl carbamates (subject to hydrolysis) is 1. The molecule has 98 valence electrons. The van der Waals surface area contributed by atoms with Crippen molar-refractivity contribution < 1.29 is 14.3 Å². The molecule has 4 nitrogen and oxygen atoms in total. The topological polar surface area (TPSA) is 55.4 Å². The van der Waals surface area contributed by atoms with Crippen LogP contribution in [0.3, 0.4) is 0 Å². The third-order valence-electron chi connectivity index (χ3n) is 3.80. The van der Waals surface area contributed by atoms with Gasteiger partial charge in [-0.2, -0.15) is 0 Å². The van der Waals surface area contributed by atoms with Crippen molar-refractivity contribution in [3.8, 4) is 0 Å². The van der Waals surface area contributed by atoms with Gasteiger partial charge in [0.1, 0.15) is 5.78 Å². The number of ketones is 1. The van der Waals surface area contributed by atoms with Crippen molar-refractivity contribution in [1.29, 1.82) is 0 Å². The highest BCUT2D eigenvalue weighted by molar-refractivity contribution is 5.85. The van der Waals surface area contributed by atoms with E-state index in [1.54, 1.807) is 0 Å². The Morgan fingerprint density at radius 1 is 1.56 bits per heavy atom. The summed E-state index contributed by atoms with van der Waals surface area (Å²) in [6, 6.07) is 0. The van der Waals surface area contributed by atoms with E-state index in [2.05, 4.69) is 11.4 Å². The average Bonchev–Trinajstić information content (AvgIpc) is 2.26.